The van der Waals surface area contributed by atoms with Gasteiger partial charge in [-0.05, 0) is 75.5 Å². The molecule has 2 aromatic rings. The van der Waals surface area contributed by atoms with E-state index < -0.39 is 0 Å². The van der Waals surface area contributed by atoms with Gasteiger partial charge in [0.15, 0.2) is 0 Å². The summed E-state index contributed by atoms with van der Waals surface area (Å²) in [6.07, 6.45) is 9.58. The minimum atomic E-state index is 0.215. The first kappa shape index (κ1) is 18.6. The number of carbonyl (C=O) groups is 1. The van der Waals surface area contributed by atoms with E-state index in [1.54, 1.807) is 0 Å². The Morgan fingerprint density at radius 3 is 2.83 bits per heavy atom. The first-order valence-electron chi connectivity index (χ1n) is 10.9. The number of hydrogen-bond acceptors (Lipinski definition) is 3. The Morgan fingerprint density at radius 2 is 2.03 bits per heavy atom. The monoisotopic (exact) mass is 390 g/mol. The van der Waals surface area contributed by atoms with Crippen LogP contribution < -0.4 is 0 Å². The number of fused-ring (bicyclic) bond motifs is 1. The summed E-state index contributed by atoms with van der Waals surface area (Å²) in [6.45, 7) is 2.79. The summed E-state index contributed by atoms with van der Waals surface area (Å²) in [5.74, 6) is 0.215. The zero-order valence-electron chi connectivity index (χ0n) is 17.5. The average Bonchev–Trinajstić information content (AvgIpc) is 3.27. The number of aliphatic imine (C=N–C) groups is 1. The maximum Gasteiger partial charge on any atom is 0.255 e. The lowest BCUT2D eigenvalue weighted by Gasteiger charge is -2.35. The summed E-state index contributed by atoms with van der Waals surface area (Å²) >= 11 is 0. The van der Waals surface area contributed by atoms with Crippen LogP contribution in [0.1, 0.15) is 42.5 Å². The van der Waals surface area contributed by atoms with Crippen molar-refractivity contribution in [2.75, 3.05) is 27.2 Å². The van der Waals surface area contributed by atoms with Crippen molar-refractivity contribution in [1.82, 2.24) is 14.4 Å². The quantitative estimate of drug-likeness (QED) is 0.754. The molecule has 1 fully saturated rings. The highest BCUT2D eigenvalue weighted by Gasteiger charge is 2.39. The van der Waals surface area contributed by atoms with E-state index in [1.165, 1.54) is 11.1 Å². The van der Waals surface area contributed by atoms with Gasteiger partial charge in [-0.3, -0.25) is 9.79 Å². The lowest BCUT2D eigenvalue weighted by molar-refractivity contribution is 0.0647. The fraction of sp³-hybridized carbons (Fsp3) is 0.500. The highest BCUT2D eigenvalue weighted by atomic mass is 16.2. The predicted octanol–water partition coefficient (Wildman–Crippen LogP) is 3.74. The van der Waals surface area contributed by atoms with Gasteiger partial charge < -0.3 is 14.4 Å². The lowest BCUT2D eigenvalue weighted by Crippen LogP contribution is -2.43. The van der Waals surface area contributed by atoms with Gasteiger partial charge in [-0.1, -0.05) is 6.07 Å². The van der Waals surface area contributed by atoms with Gasteiger partial charge in [0.1, 0.15) is 0 Å². The smallest absolute Gasteiger partial charge is 0.255 e. The van der Waals surface area contributed by atoms with Crippen LogP contribution in [0.25, 0.3) is 10.9 Å². The highest BCUT2D eigenvalue weighted by Crippen LogP contribution is 2.38. The molecule has 5 rings (SSSR count). The SMILES string of the molecule is CN(C)CCn1ccc2c(C(=O)N(C3CC3)C3CCC4=C(C=NC4)C3)cccc21. The van der Waals surface area contributed by atoms with E-state index in [0.29, 0.717) is 12.1 Å². The molecule has 1 aromatic carbocycles. The molecule has 0 N–H and O–H groups in total. The van der Waals surface area contributed by atoms with Crippen molar-refractivity contribution in [3.05, 3.63) is 47.2 Å². The maximum absolute atomic E-state index is 13.8. The largest absolute Gasteiger partial charge is 0.346 e. The molecule has 5 nitrogen and oxygen atoms in total. The summed E-state index contributed by atoms with van der Waals surface area (Å²) in [5, 5.41) is 1.08. The van der Waals surface area contributed by atoms with Crippen LogP contribution in [0.2, 0.25) is 0 Å². The van der Waals surface area contributed by atoms with Crippen LogP contribution >= 0.6 is 0 Å². The van der Waals surface area contributed by atoms with Crippen LogP contribution in [0.15, 0.2) is 46.6 Å². The van der Waals surface area contributed by atoms with Crippen molar-refractivity contribution in [3.8, 4) is 0 Å². The van der Waals surface area contributed by atoms with Crippen LogP contribution in [0.5, 0.6) is 0 Å². The molecule has 1 amide bonds. The molecule has 1 saturated carbocycles. The first-order chi connectivity index (χ1) is 14.1. The predicted molar refractivity (Wildman–Crippen MR) is 118 cm³/mol. The normalized spacial score (nSPS) is 21.3. The first-order valence-corrected chi connectivity index (χ1v) is 10.9. The Labute approximate surface area is 172 Å². The fourth-order valence-corrected chi connectivity index (χ4v) is 4.86. The second kappa shape index (κ2) is 7.45. The zero-order chi connectivity index (χ0) is 20.0. The molecule has 5 heteroatoms. The number of benzene rings is 1. The van der Waals surface area contributed by atoms with E-state index in [0.717, 1.165) is 68.2 Å². The summed E-state index contributed by atoms with van der Waals surface area (Å²) in [5.41, 5.74) is 4.89. The Bertz CT molecular complexity index is 995. The molecule has 152 valence electrons. The zero-order valence-corrected chi connectivity index (χ0v) is 17.5. The second-order valence-electron chi connectivity index (χ2n) is 8.99. The average molecular weight is 391 g/mol. The molecule has 1 aliphatic heterocycles. The molecule has 1 atom stereocenters. The minimum absolute atomic E-state index is 0.215. The molecule has 0 bridgehead atoms. The molecule has 2 heterocycles. The van der Waals surface area contributed by atoms with Crippen LogP contribution in [-0.4, -0.2) is 65.8 Å². The Kier molecular flexibility index (Phi) is 4.78. The van der Waals surface area contributed by atoms with E-state index >= 15 is 0 Å². The second-order valence-corrected chi connectivity index (χ2v) is 8.99. The molecule has 0 spiro atoms. The molecular formula is C24H30N4O. The molecule has 2 aliphatic carbocycles. The molecule has 1 aromatic heterocycles. The van der Waals surface area contributed by atoms with Crippen LogP contribution in [0, 0.1) is 0 Å². The van der Waals surface area contributed by atoms with E-state index in [1.807, 2.05) is 18.3 Å². The number of aromatic nitrogens is 1. The summed E-state index contributed by atoms with van der Waals surface area (Å²) in [6, 6.07) is 9.03. The van der Waals surface area contributed by atoms with Gasteiger partial charge in [0.2, 0.25) is 0 Å². The summed E-state index contributed by atoms with van der Waals surface area (Å²) < 4.78 is 2.26. The number of amides is 1. The van der Waals surface area contributed by atoms with Gasteiger partial charge in [0.25, 0.3) is 5.91 Å². The van der Waals surface area contributed by atoms with Crippen molar-refractivity contribution in [2.45, 2.75) is 50.7 Å². The lowest BCUT2D eigenvalue weighted by atomic mass is 9.88. The van der Waals surface area contributed by atoms with Gasteiger partial charge in [-0.2, -0.15) is 0 Å². The minimum Gasteiger partial charge on any atom is -0.346 e. The molecule has 0 saturated heterocycles. The summed E-state index contributed by atoms with van der Waals surface area (Å²) in [4.78, 5) is 22.6. The van der Waals surface area contributed by atoms with Gasteiger partial charge in [-0.25, -0.2) is 0 Å². The number of carbonyl (C=O) groups excluding carboxylic acids is 1. The van der Waals surface area contributed by atoms with Crippen molar-refractivity contribution < 1.29 is 4.79 Å². The molecule has 29 heavy (non-hydrogen) atoms. The van der Waals surface area contributed by atoms with Gasteiger partial charge >= 0.3 is 0 Å². The van der Waals surface area contributed by atoms with E-state index in [2.05, 4.69) is 51.8 Å². The van der Waals surface area contributed by atoms with Crippen LogP contribution in [0.4, 0.5) is 0 Å². The molecule has 1 unspecified atom stereocenters. The number of hydrogen-bond donors (Lipinski definition) is 0. The Hall–Kier alpha value is -2.40. The highest BCUT2D eigenvalue weighted by molar-refractivity contribution is 6.07. The molecular weight excluding hydrogens is 360 g/mol. The van der Waals surface area contributed by atoms with Crippen molar-refractivity contribution >= 4 is 23.0 Å². The van der Waals surface area contributed by atoms with Crippen LogP contribution in [0.3, 0.4) is 0 Å². The third kappa shape index (κ3) is 3.52. The fourth-order valence-electron chi connectivity index (χ4n) is 4.86. The Balaban J connectivity index is 1.44. The topological polar surface area (TPSA) is 40.8 Å². The number of likely N-dealkylation sites (N-methyl/N-ethyl adjacent to an activating group) is 1. The molecule has 0 radical (unpaired) electrons. The van der Waals surface area contributed by atoms with E-state index in [9.17, 15) is 4.79 Å². The van der Waals surface area contributed by atoms with Crippen molar-refractivity contribution in [2.24, 2.45) is 4.99 Å². The summed E-state index contributed by atoms with van der Waals surface area (Å²) in [7, 11) is 4.18. The van der Waals surface area contributed by atoms with Crippen molar-refractivity contribution in [1.29, 1.82) is 0 Å². The standard InChI is InChI=1S/C24H30N4O/c1-26(2)12-13-27-11-10-21-22(4-3-5-23(21)27)24(29)28(19-8-9-19)20-7-6-17-15-25-16-18(17)14-20/h3-5,10-11,16,19-20H,6-9,12-15H2,1-2H3. The van der Waals surface area contributed by atoms with E-state index in [4.69, 9.17) is 0 Å². The van der Waals surface area contributed by atoms with E-state index in [-0.39, 0.29) is 5.91 Å². The van der Waals surface area contributed by atoms with Gasteiger partial charge in [0.05, 0.1) is 6.54 Å². The number of nitrogens with zero attached hydrogens (tertiary/aromatic N) is 4. The molecule has 3 aliphatic rings. The maximum atomic E-state index is 13.8. The Morgan fingerprint density at radius 1 is 1.17 bits per heavy atom. The van der Waals surface area contributed by atoms with Gasteiger partial charge in [-0.15, -0.1) is 0 Å². The van der Waals surface area contributed by atoms with Crippen LogP contribution in [-0.2, 0) is 6.54 Å². The number of rotatable bonds is 6. The third-order valence-corrected chi connectivity index (χ3v) is 6.62. The third-order valence-electron chi connectivity index (χ3n) is 6.62. The van der Waals surface area contributed by atoms with Gasteiger partial charge in [0, 0.05) is 54.1 Å². The van der Waals surface area contributed by atoms with Crippen molar-refractivity contribution in [3.63, 3.8) is 0 Å².